The van der Waals surface area contributed by atoms with E-state index in [-0.39, 0.29) is 0 Å². The number of thioether (sulfide) groups is 1. The van der Waals surface area contributed by atoms with Gasteiger partial charge in [-0.3, -0.25) is 4.68 Å². The van der Waals surface area contributed by atoms with Crippen molar-refractivity contribution in [2.75, 3.05) is 5.75 Å². The first-order valence-electron chi connectivity index (χ1n) is 5.12. The van der Waals surface area contributed by atoms with Gasteiger partial charge in [0.2, 0.25) is 0 Å². The number of nitrogens with zero attached hydrogens (tertiary/aromatic N) is 2. The Morgan fingerprint density at radius 2 is 2.53 bits per heavy atom. The molecule has 2 rings (SSSR count). The van der Waals surface area contributed by atoms with E-state index in [2.05, 4.69) is 28.0 Å². The summed E-state index contributed by atoms with van der Waals surface area (Å²) in [6.45, 7) is 4.99. The van der Waals surface area contributed by atoms with Gasteiger partial charge in [-0.25, -0.2) is 0 Å². The monoisotopic (exact) mass is 290 g/mol. The predicted molar refractivity (Wildman–Crippen MR) is 66.0 cm³/mol. The van der Waals surface area contributed by atoms with Crippen LogP contribution >= 0.6 is 27.7 Å². The summed E-state index contributed by atoms with van der Waals surface area (Å²) in [7, 11) is 0. The zero-order valence-electron chi connectivity index (χ0n) is 8.90. The zero-order valence-corrected chi connectivity index (χ0v) is 11.3. The van der Waals surface area contributed by atoms with Crippen LogP contribution in [0.5, 0.6) is 0 Å². The number of hydrogen-bond acceptors (Lipinski definition) is 3. The van der Waals surface area contributed by atoms with Gasteiger partial charge in [-0.15, -0.1) is 0 Å². The van der Waals surface area contributed by atoms with E-state index in [0.29, 0.717) is 5.25 Å². The van der Waals surface area contributed by atoms with E-state index in [0.717, 1.165) is 28.9 Å². The van der Waals surface area contributed by atoms with Crippen molar-refractivity contribution in [2.45, 2.75) is 37.7 Å². The van der Waals surface area contributed by atoms with Crippen LogP contribution < -0.4 is 0 Å². The summed E-state index contributed by atoms with van der Waals surface area (Å²) in [6, 6.07) is 0. The van der Waals surface area contributed by atoms with Gasteiger partial charge in [-0.2, -0.15) is 16.9 Å². The van der Waals surface area contributed by atoms with Crippen LogP contribution in [0.3, 0.4) is 0 Å². The highest BCUT2D eigenvalue weighted by Gasteiger charge is 2.41. The van der Waals surface area contributed by atoms with Crippen molar-refractivity contribution < 1.29 is 5.11 Å². The standard InChI is InChI=1S/C10H15BrN2OS/c1-3-13-9(8(11)5-12-13)10(14)4-7(2)15-6-10/h5,7,14H,3-4,6H2,1-2H3. The van der Waals surface area contributed by atoms with Crippen molar-refractivity contribution in [3.8, 4) is 0 Å². The molecule has 0 aromatic carbocycles. The normalized spacial score (nSPS) is 31.1. The first-order chi connectivity index (χ1) is 7.07. The zero-order chi connectivity index (χ0) is 11.1. The summed E-state index contributed by atoms with van der Waals surface area (Å²) in [4.78, 5) is 0. The van der Waals surface area contributed by atoms with Crippen LogP contribution in [-0.2, 0) is 12.1 Å². The molecule has 1 fully saturated rings. The Bertz CT molecular complexity index is 368. The molecule has 2 unspecified atom stereocenters. The fourth-order valence-electron chi connectivity index (χ4n) is 2.10. The summed E-state index contributed by atoms with van der Waals surface area (Å²) in [6.07, 6.45) is 2.58. The molecule has 0 amide bonds. The summed E-state index contributed by atoms with van der Waals surface area (Å²) in [5, 5.41) is 15.4. The Morgan fingerprint density at radius 1 is 1.80 bits per heavy atom. The molecular weight excluding hydrogens is 276 g/mol. The van der Waals surface area contributed by atoms with Gasteiger partial charge in [0.15, 0.2) is 0 Å². The molecule has 1 aliphatic rings. The number of rotatable bonds is 2. The molecule has 1 saturated heterocycles. The lowest BCUT2D eigenvalue weighted by molar-refractivity contribution is 0.0509. The maximum absolute atomic E-state index is 10.6. The fourth-order valence-corrected chi connectivity index (χ4v) is 3.98. The van der Waals surface area contributed by atoms with Crippen LogP contribution in [0.25, 0.3) is 0 Å². The van der Waals surface area contributed by atoms with Gasteiger partial charge >= 0.3 is 0 Å². The van der Waals surface area contributed by atoms with E-state index >= 15 is 0 Å². The van der Waals surface area contributed by atoms with Gasteiger partial charge in [0.25, 0.3) is 0 Å². The highest BCUT2D eigenvalue weighted by atomic mass is 79.9. The maximum atomic E-state index is 10.6. The molecular formula is C10H15BrN2OS. The molecule has 0 saturated carbocycles. The Balaban J connectivity index is 2.39. The Kier molecular flexibility index (Phi) is 3.14. The van der Waals surface area contributed by atoms with Gasteiger partial charge in [0.1, 0.15) is 5.60 Å². The van der Waals surface area contributed by atoms with E-state index in [1.54, 1.807) is 6.20 Å². The van der Waals surface area contributed by atoms with Crippen molar-refractivity contribution in [3.63, 3.8) is 0 Å². The second-order valence-electron chi connectivity index (χ2n) is 4.01. The van der Waals surface area contributed by atoms with E-state index in [1.165, 1.54) is 0 Å². The van der Waals surface area contributed by atoms with E-state index in [9.17, 15) is 5.11 Å². The number of halogens is 1. The largest absolute Gasteiger partial charge is 0.383 e. The minimum atomic E-state index is -0.713. The smallest absolute Gasteiger partial charge is 0.117 e. The second-order valence-corrected chi connectivity index (χ2v) is 6.30. The van der Waals surface area contributed by atoms with Crippen LogP contribution in [0.1, 0.15) is 26.0 Å². The van der Waals surface area contributed by atoms with Gasteiger partial charge in [0.05, 0.1) is 16.4 Å². The Hall–Kier alpha value is -0.0000000000000000555. The number of aryl methyl sites for hydroxylation is 1. The lowest BCUT2D eigenvalue weighted by Crippen LogP contribution is -2.29. The topological polar surface area (TPSA) is 38.0 Å². The summed E-state index contributed by atoms with van der Waals surface area (Å²) in [5.74, 6) is 0.762. The molecule has 0 aliphatic carbocycles. The van der Waals surface area contributed by atoms with E-state index in [1.807, 2.05) is 23.4 Å². The average molecular weight is 291 g/mol. The van der Waals surface area contributed by atoms with Crippen LogP contribution in [0, 0.1) is 0 Å². The van der Waals surface area contributed by atoms with Crippen LogP contribution in [0.4, 0.5) is 0 Å². The first kappa shape index (κ1) is 11.5. The first-order valence-corrected chi connectivity index (χ1v) is 6.97. The molecule has 0 radical (unpaired) electrons. The number of aliphatic hydroxyl groups is 1. The molecule has 1 aromatic rings. The maximum Gasteiger partial charge on any atom is 0.117 e. The second kappa shape index (κ2) is 4.11. The van der Waals surface area contributed by atoms with E-state index in [4.69, 9.17) is 0 Å². The third-order valence-corrected chi connectivity index (χ3v) is 4.73. The minimum absolute atomic E-state index is 0.516. The molecule has 1 N–H and O–H groups in total. The number of hydrogen-bond donors (Lipinski definition) is 1. The third-order valence-electron chi connectivity index (χ3n) is 2.77. The quantitative estimate of drug-likeness (QED) is 0.909. The Labute approximate surface area is 102 Å². The van der Waals surface area contributed by atoms with Gasteiger partial charge in [0, 0.05) is 17.5 Å². The van der Waals surface area contributed by atoms with Crippen molar-refractivity contribution in [1.29, 1.82) is 0 Å². The summed E-state index contributed by atoms with van der Waals surface area (Å²) in [5.41, 5.74) is 0.219. The van der Waals surface area contributed by atoms with Crippen molar-refractivity contribution in [2.24, 2.45) is 0 Å². The molecule has 2 heterocycles. The molecule has 3 nitrogen and oxygen atoms in total. The molecule has 5 heteroatoms. The van der Waals surface area contributed by atoms with Gasteiger partial charge in [-0.05, 0) is 29.3 Å². The molecule has 0 spiro atoms. The molecule has 84 valence electrons. The van der Waals surface area contributed by atoms with Crippen LogP contribution in [0.2, 0.25) is 0 Å². The van der Waals surface area contributed by atoms with E-state index < -0.39 is 5.60 Å². The van der Waals surface area contributed by atoms with Gasteiger partial charge < -0.3 is 5.11 Å². The highest BCUT2D eigenvalue weighted by Crippen LogP contribution is 2.43. The summed E-state index contributed by atoms with van der Waals surface area (Å²) < 4.78 is 2.80. The van der Waals surface area contributed by atoms with Crippen LogP contribution in [0.15, 0.2) is 10.7 Å². The highest BCUT2D eigenvalue weighted by molar-refractivity contribution is 9.10. The lowest BCUT2D eigenvalue weighted by Gasteiger charge is -2.23. The van der Waals surface area contributed by atoms with Gasteiger partial charge in [-0.1, -0.05) is 6.92 Å². The molecule has 0 bridgehead atoms. The number of aromatic nitrogens is 2. The van der Waals surface area contributed by atoms with Crippen molar-refractivity contribution in [3.05, 3.63) is 16.4 Å². The lowest BCUT2D eigenvalue weighted by atomic mass is 9.96. The SMILES string of the molecule is CCn1ncc(Br)c1C1(O)CSC(C)C1. The molecule has 2 atom stereocenters. The minimum Gasteiger partial charge on any atom is -0.383 e. The van der Waals surface area contributed by atoms with Crippen molar-refractivity contribution >= 4 is 27.7 Å². The summed E-state index contributed by atoms with van der Waals surface area (Å²) >= 11 is 5.29. The third kappa shape index (κ3) is 1.97. The predicted octanol–water partition coefficient (Wildman–Crippen LogP) is 2.38. The van der Waals surface area contributed by atoms with Crippen molar-refractivity contribution in [1.82, 2.24) is 9.78 Å². The average Bonchev–Trinajstić information content (AvgIpc) is 2.71. The van der Waals surface area contributed by atoms with Crippen LogP contribution in [-0.4, -0.2) is 25.9 Å². The Morgan fingerprint density at radius 3 is 3.07 bits per heavy atom. The fraction of sp³-hybridized carbons (Fsp3) is 0.700. The molecule has 1 aliphatic heterocycles. The molecule has 15 heavy (non-hydrogen) atoms. The molecule has 1 aromatic heterocycles.